The smallest absolute Gasteiger partial charge is 0.154 e. The van der Waals surface area contributed by atoms with Crippen LogP contribution in [0.15, 0.2) is 6.20 Å². The van der Waals surface area contributed by atoms with Gasteiger partial charge in [0.05, 0.1) is 0 Å². The second-order valence-electron chi connectivity index (χ2n) is 5.42. The molecule has 0 aliphatic carbocycles. The first-order valence-electron chi connectivity index (χ1n) is 7.95. The van der Waals surface area contributed by atoms with Crippen LogP contribution in [0.5, 0.6) is 0 Å². The van der Waals surface area contributed by atoms with Gasteiger partial charge in [-0.15, -0.1) is 0 Å². The summed E-state index contributed by atoms with van der Waals surface area (Å²) in [5.41, 5.74) is 1.27. The molecule has 0 aliphatic heterocycles. The summed E-state index contributed by atoms with van der Waals surface area (Å²) in [5, 5.41) is 5.11. The minimum atomic E-state index is 0.603. The highest BCUT2D eigenvalue weighted by molar-refractivity contribution is 6.30. The molecule has 0 aliphatic rings. The Morgan fingerprint density at radius 3 is 2.05 bits per heavy atom. The van der Waals surface area contributed by atoms with Crippen LogP contribution in [-0.4, -0.2) is 9.78 Å². The van der Waals surface area contributed by atoms with E-state index in [0.29, 0.717) is 5.92 Å². The Hall–Kier alpha value is -0.500. The third kappa shape index (κ3) is 5.56. The number of aryl methyl sites for hydroxylation is 1. The zero-order valence-electron chi connectivity index (χ0n) is 12.8. The maximum atomic E-state index is 6.31. The van der Waals surface area contributed by atoms with Crippen molar-refractivity contribution in [1.29, 1.82) is 0 Å². The average Bonchev–Trinajstić information content (AvgIpc) is 2.79. The van der Waals surface area contributed by atoms with Crippen LogP contribution in [-0.2, 0) is 6.54 Å². The largest absolute Gasteiger partial charge is 0.271 e. The third-order valence-electron chi connectivity index (χ3n) is 3.82. The van der Waals surface area contributed by atoms with Crippen molar-refractivity contribution in [3.63, 3.8) is 0 Å². The number of hydrogen-bond donors (Lipinski definition) is 0. The van der Waals surface area contributed by atoms with Crippen molar-refractivity contribution in [3.8, 4) is 0 Å². The first-order valence-corrected chi connectivity index (χ1v) is 8.33. The van der Waals surface area contributed by atoms with Gasteiger partial charge in [0.15, 0.2) is 5.15 Å². The van der Waals surface area contributed by atoms with Gasteiger partial charge >= 0.3 is 0 Å². The highest BCUT2D eigenvalue weighted by Crippen LogP contribution is 2.32. The summed E-state index contributed by atoms with van der Waals surface area (Å²) in [7, 11) is 0. The van der Waals surface area contributed by atoms with Gasteiger partial charge in [0.2, 0.25) is 0 Å². The average molecular weight is 285 g/mol. The summed E-state index contributed by atoms with van der Waals surface area (Å²) in [6.07, 6.45) is 12.5. The van der Waals surface area contributed by atoms with Gasteiger partial charge in [-0.2, -0.15) is 5.10 Å². The highest BCUT2D eigenvalue weighted by Gasteiger charge is 2.17. The van der Waals surface area contributed by atoms with E-state index < -0.39 is 0 Å². The molecule has 0 atom stereocenters. The summed E-state index contributed by atoms with van der Waals surface area (Å²) in [5.74, 6) is 0.603. The summed E-state index contributed by atoms with van der Waals surface area (Å²) < 4.78 is 1.96. The summed E-state index contributed by atoms with van der Waals surface area (Å²) in [4.78, 5) is 0. The van der Waals surface area contributed by atoms with E-state index in [0.717, 1.165) is 11.7 Å². The maximum Gasteiger partial charge on any atom is 0.154 e. The predicted molar refractivity (Wildman–Crippen MR) is 83.9 cm³/mol. The minimum absolute atomic E-state index is 0.603. The number of rotatable bonds is 10. The molecular formula is C16H29ClN2. The van der Waals surface area contributed by atoms with Crippen molar-refractivity contribution in [2.24, 2.45) is 0 Å². The molecule has 3 heteroatoms. The SMILES string of the molecule is CCCCCC(CCCCC)c1cn(CC)nc1Cl. The Bertz CT molecular complexity index is 337. The van der Waals surface area contributed by atoms with E-state index >= 15 is 0 Å². The second kappa shape index (κ2) is 9.41. The molecule has 0 saturated heterocycles. The number of aromatic nitrogens is 2. The molecule has 1 heterocycles. The van der Waals surface area contributed by atoms with E-state index in [4.69, 9.17) is 11.6 Å². The fourth-order valence-electron chi connectivity index (χ4n) is 2.59. The molecule has 1 rings (SSSR count). The lowest BCUT2D eigenvalue weighted by atomic mass is 9.90. The number of unbranched alkanes of at least 4 members (excludes halogenated alkanes) is 4. The van der Waals surface area contributed by atoms with Crippen LogP contribution in [0.2, 0.25) is 5.15 Å². The van der Waals surface area contributed by atoms with Crippen LogP contribution in [0, 0.1) is 0 Å². The Kier molecular flexibility index (Phi) is 8.20. The lowest BCUT2D eigenvalue weighted by molar-refractivity contribution is 0.506. The number of halogens is 1. The van der Waals surface area contributed by atoms with Gasteiger partial charge in [-0.25, -0.2) is 0 Å². The molecule has 0 N–H and O–H groups in total. The molecule has 0 amide bonds. The third-order valence-corrected chi connectivity index (χ3v) is 4.11. The minimum Gasteiger partial charge on any atom is -0.271 e. The van der Waals surface area contributed by atoms with Gasteiger partial charge in [-0.1, -0.05) is 64.0 Å². The van der Waals surface area contributed by atoms with Gasteiger partial charge < -0.3 is 0 Å². The molecule has 110 valence electrons. The Balaban J connectivity index is 2.66. The zero-order valence-corrected chi connectivity index (χ0v) is 13.5. The van der Waals surface area contributed by atoms with E-state index in [-0.39, 0.29) is 0 Å². The van der Waals surface area contributed by atoms with Crippen molar-refractivity contribution in [2.75, 3.05) is 0 Å². The van der Waals surface area contributed by atoms with E-state index in [9.17, 15) is 0 Å². The van der Waals surface area contributed by atoms with Crippen molar-refractivity contribution < 1.29 is 0 Å². The molecule has 0 unspecified atom stereocenters. The Morgan fingerprint density at radius 1 is 1.05 bits per heavy atom. The lowest BCUT2D eigenvalue weighted by Gasteiger charge is -2.15. The van der Waals surface area contributed by atoms with Crippen molar-refractivity contribution in [2.45, 2.75) is 84.6 Å². The van der Waals surface area contributed by atoms with E-state index in [1.165, 1.54) is 56.9 Å². The molecule has 0 saturated carbocycles. The molecular weight excluding hydrogens is 256 g/mol. The molecule has 1 aromatic heterocycles. The van der Waals surface area contributed by atoms with E-state index in [1.807, 2.05) is 4.68 Å². The Morgan fingerprint density at radius 2 is 1.63 bits per heavy atom. The topological polar surface area (TPSA) is 17.8 Å². The zero-order chi connectivity index (χ0) is 14.1. The van der Waals surface area contributed by atoms with Crippen LogP contribution in [0.4, 0.5) is 0 Å². The van der Waals surface area contributed by atoms with Gasteiger partial charge in [0.25, 0.3) is 0 Å². The summed E-state index contributed by atoms with van der Waals surface area (Å²) in [6.45, 7) is 7.52. The molecule has 0 aromatic carbocycles. The number of nitrogens with zero attached hydrogens (tertiary/aromatic N) is 2. The van der Waals surface area contributed by atoms with Gasteiger partial charge in [-0.05, 0) is 25.7 Å². The summed E-state index contributed by atoms with van der Waals surface area (Å²) >= 11 is 6.31. The van der Waals surface area contributed by atoms with Crippen LogP contribution in [0.1, 0.15) is 83.6 Å². The first-order chi connectivity index (χ1) is 9.22. The quantitative estimate of drug-likeness (QED) is 0.496. The maximum absolute atomic E-state index is 6.31. The highest BCUT2D eigenvalue weighted by atomic mass is 35.5. The van der Waals surface area contributed by atoms with Gasteiger partial charge in [0, 0.05) is 18.3 Å². The standard InChI is InChI=1S/C16H29ClN2/c1-4-7-9-11-14(12-10-8-5-2)15-13-19(6-3)18-16(15)17/h13-14H,4-12H2,1-3H3. The normalized spacial score (nSPS) is 11.4. The molecule has 19 heavy (non-hydrogen) atoms. The molecule has 0 spiro atoms. The van der Waals surface area contributed by atoms with Crippen LogP contribution in [0.3, 0.4) is 0 Å². The summed E-state index contributed by atoms with van der Waals surface area (Å²) in [6, 6.07) is 0. The fraction of sp³-hybridized carbons (Fsp3) is 0.812. The van der Waals surface area contributed by atoms with Crippen LogP contribution in [0.25, 0.3) is 0 Å². The van der Waals surface area contributed by atoms with Gasteiger partial charge in [-0.3, -0.25) is 4.68 Å². The second-order valence-corrected chi connectivity index (χ2v) is 5.78. The molecule has 2 nitrogen and oxygen atoms in total. The first kappa shape index (κ1) is 16.6. The molecule has 0 bridgehead atoms. The van der Waals surface area contributed by atoms with Crippen molar-refractivity contribution in [1.82, 2.24) is 9.78 Å². The number of hydrogen-bond acceptors (Lipinski definition) is 1. The van der Waals surface area contributed by atoms with E-state index in [1.54, 1.807) is 0 Å². The van der Waals surface area contributed by atoms with Crippen molar-refractivity contribution in [3.05, 3.63) is 16.9 Å². The van der Waals surface area contributed by atoms with Crippen LogP contribution < -0.4 is 0 Å². The predicted octanol–water partition coefficient (Wildman–Crippen LogP) is 5.80. The Labute approximate surface area is 123 Å². The monoisotopic (exact) mass is 284 g/mol. The van der Waals surface area contributed by atoms with Gasteiger partial charge in [0.1, 0.15) is 0 Å². The molecule has 0 radical (unpaired) electrons. The molecule has 1 aromatic rings. The molecule has 0 fully saturated rings. The lowest BCUT2D eigenvalue weighted by Crippen LogP contribution is -1.99. The fourth-order valence-corrected chi connectivity index (χ4v) is 2.89. The van der Waals surface area contributed by atoms with E-state index in [2.05, 4.69) is 32.1 Å². The van der Waals surface area contributed by atoms with Crippen LogP contribution >= 0.6 is 11.6 Å². The van der Waals surface area contributed by atoms with Crippen molar-refractivity contribution >= 4 is 11.6 Å².